The summed E-state index contributed by atoms with van der Waals surface area (Å²) in [6.07, 6.45) is 1.85. The van der Waals surface area contributed by atoms with E-state index in [4.69, 9.17) is 4.74 Å². The monoisotopic (exact) mass is 403 g/mol. The molecule has 3 aromatic rings. The number of anilines is 2. The lowest BCUT2D eigenvalue weighted by atomic mass is 10.1. The van der Waals surface area contributed by atoms with E-state index in [1.54, 1.807) is 22.9 Å². The molecule has 1 aliphatic rings. The second kappa shape index (κ2) is 8.41. The number of aryl methyl sites for hydroxylation is 1. The summed E-state index contributed by atoms with van der Waals surface area (Å²) < 4.78 is 7.06. The Bertz CT molecular complexity index is 968. The summed E-state index contributed by atoms with van der Waals surface area (Å²) in [5.74, 6) is 1.36. The smallest absolute Gasteiger partial charge is 0.260 e. The zero-order chi connectivity index (χ0) is 18.8. The van der Waals surface area contributed by atoms with Gasteiger partial charge in [0.15, 0.2) is 11.6 Å². The third kappa shape index (κ3) is 4.00. The Balaban J connectivity index is 0.00000225. The van der Waals surface area contributed by atoms with Gasteiger partial charge in [-0.1, -0.05) is 0 Å². The molecular weight excluding hydrogens is 382 g/mol. The van der Waals surface area contributed by atoms with Crippen LogP contribution in [-0.4, -0.2) is 59.2 Å². The number of piperazine rings is 1. The molecule has 0 bridgehead atoms. The molecule has 4 rings (SSSR count). The maximum atomic E-state index is 12.7. The van der Waals surface area contributed by atoms with Crippen LogP contribution < -0.4 is 20.3 Å². The molecular formula is C18H22ClN7O2. The Morgan fingerprint density at radius 2 is 2.00 bits per heavy atom. The summed E-state index contributed by atoms with van der Waals surface area (Å²) in [7, 11) is 3.37. The second-order valence-corrected chi connectivity index (χ2v) is 6.38. The van der Waals surface area contributed by atoms with Crippen LogP contribution in [0.3, 0.4) is 0 Å². The van der Waals surface area contributed by atoms with Crippen LogP contribution in [0.4, 0.5) is 11.6 Å². The molecule has 1 amide bonds. The first-order valence-electron chi connectivity index (χ1n) is 8.76. The quantitative estimate of drug-likeness (QED) is 0.680. The first kappa shape index (κ1) is 19.8. The van der Waals surface area contributed by atoms with Crippen LogP contribution in [0.25, 0.3) is 10.9 Å². The number of carbonyl (C=O) groups excluding carboxylic acids is 1. The molecule has 0 unspecified atom stereocenters. The SMILES string of the molecule is COc1cc2nn(C)cc2cc1C(=O)Nc1ccc(N2CCNCC2)nn1.Cl. The Morgan fingerprint density at radius 3 is 2.68 bits per heavy atom. The Kier molecular flexibility index (Phi) is 5.96. The zero-order valence-corrected chi connectivity index (χ0v) is 16.5. The minimum Gasteiger partial charge on any atom is -0.496 e. The molecule has 1 saturated heterocycles. The lowest BCUT2D eigenvalue weighted by molar-refractivity contribution is 0.102. The van der Waals surface area contributed by atoms with Gasteiger partial charge in [-0.05, 0) is 18.2 Å². The lowest BCUT2D eigenvalue weighted by Crippen LogP contribution is -2.43. The van der Waals surface area contributed by atoms with Crippen LogP contribution in [0.1, 0.15) is 10.4 Å². The molecule has 1 aliphatic heterocycles. The molecule has 0 saturated carbocycles. The highest BCUT2D eigenvalue weighted by atomic mass is 35.5. The van der Waals surface area contributed by atoms with Crippen LogP contribution in [0.15, 0.2) is 30.5 Å². The summed E-state index contributed by atoms with van der Waals surface area (Å²) in [5.41, 5.74) is 1.19. The number of nitrogens with zero attached hydrogens (tertiary/aromatic N) is 5. The predicted octanol–water partition coefficient (Wildman–Crippen LogP) is 1.46. The lowest BCUT2D eigenvalue weighted by Gasteiger charge is -2.27. The van der Waals surface area contributed by atoms with Crippen molar-refractivity contribution in [2.75, 3.05) is 43.5 Å². The zero-order valence-electron chi connectivity index (χ0n) is 15.7. The third-order valence-corrected chi connectivity index (χ3v) is 4.52. The number of amides is 1. The van der Waals surface area contributed by atoms with Gasteiger partial charge in [0.25, 0.3) is 5.91 Å². The third-order valence-electron chi connectivity index (χ3n) is 4.52. The van der Waals surface area contributed by atoms with Crippen LogP contribution in [0, 0.1) is 0 Å². The van der Waals surface area contributed by atoms with E-state index in [-0.39, 0.29) is 18.3 Å². The molecule has 1 fully saturated rings. The fourth-order valence-corrected chi connectivity index (χ4v) is 3.16. The van der Waals surface area contributed by atoms with Crippen molar-refractivity contribution in [3.8, 4) is 5.75 Å². The normalized spacial score (nSPS) is 13.9. The van der Waals surface area contributed by atoms with Crippen molar-refractivity contribution in [3.63, 3.8) is 0 Å². The number of aromatic nitrogens is 4. The standard InChI is InChI=1S/C18H21N7O2.ClH/c1-24-11-12-9-13(15(27-2)10-14(12)23-24)18(26)20-16-3-4-17(22-21-16)25-7-5-19-6-8-25;/h3-4,9-11,19H,5-8H2,1-2H3,(H,20,21,26);1H. The number of hydrogen-bond acceptors (Lipinski definition) is 7. The fraction of sp³-hybridized carbons (Fsp3) is 0.333. The van der Waals surface area contributed by atoms with Gasteiger partial charge >= 0.3 is 0 Å². The first-order valence-corrected chi connectivity index (χ1v) is 8.76. The van der Waals surface area contributed by atoms with Crippen molar-refractivity contribution < 1.29 is 9.53 Å². The van der Waals surface area contributed by atoms with Crippen LogP contribution in [0.2, 0.25) is 0 Å². The molecule has 3 heterocycles. The van der Waals surface area contributed by atoms with E-state index in [9.17, 15) is 4.79 Å². The minimum absolute atomic E-state index is 0. The minimum atomic E-state index is -0.304. The number of benzene rings is 1. The molecule has 9 nitrogen and oxygen atoms in total. The molecule has 2 N–H and O–H groups in total. The first-order chi connectivity index (χ1) is 13.1. The summed E-state index contributed by atoms with van der Waals surface area (Å²) in [4.78, 5) is 14.9. The van der Waals surface area contributed by atoms with Gasteiger partial charge in [-0.25, -0.2) is 0 Å². The van der Waals surface area contributed by atoms with Crippen molar-refractivity contribution in [2.45, 2.75) is 0 Å². The summed E-state index contributed by atoms with van der Waals surface area (Å²) >= 11 is 0. The van der Waals surface area contributed by atoms with E-state index in [1.807, 2.05) is 19.3 Å². The molecule has 0 aliphatic carbocycles. The van der Waals surface area contributed by atoms with Gasteiger partial charge in [0, 0.05) is 50.9 Å². The number of fused-ring (bicyclic) bond motifs is 1. The highest BCUT2D eigenvalue weighted by molar-refractivity contribution is 6.08. The molecule has 0 spiro atoms. The van der Waals surface area contributed by atoms with Crippen LogP contribution >= 0.6 is 12.4 Å². The number of ether oxygens (including phenoxy) is 1. The largest absolute Gasteiger partial charge is 0.496 e. The average Bonchev–Trinajstić information content (AvgIpc) is 3.07. The Labute approximate surface area is 168 Å². The molecule has 2 aromatic heterocycles. The maximum Gasteiger partial charge on any atom is 0.260 e. The van der Waals surface area contributed by atoms with Crippen LogP contribution in [0.5, 0.6) is 5.75 Å². The number of nitrogens with one attached hydrogen (secondary N) is 2. The van der Waals surface area contributed by atoms with E-state index in [1.165, 1.54) is 7.11 Å². The molecule has 0 radical (unpaired) electrons. The Morgan fingerprint density at radius 1 is 1.21 bits per heavy atom. The van der Waals surface area contributed by atoms with Gasteiger partial charge < -0.3 is 20.3 Å². The number of methoxy groups -OCH3 is 1. The summed E-state index contributed by atoms with van der Waals surface area (Å²) in [6, 6.07) is 7.15. The van der Waals surface area contributed by atoms with Gasteiger partial charge in [0.1, 0.15) is 5.75 Å². The number of halogens is 1. The molecule has 1 aromatic carbocycles. The maximum absolute atomic E-state index is 12.7. The fourth-order valence-electron chi connectivity index (χ4n) is 3.16. The van der Waals surface area contributed by atoms with Crippen molar-refractivity contribution >= 4 is 40.9 Å². The Hall–Kier alpha value is -2.91. The second-order valence-electron chi connectivity index (χ2n) is 6.38. The van der Waals surface area contributed by atoms with Gasteiger partial charge in [0.05, 0.1) is 18.2 Å². The van der Waals surface area contributed by atoms with E-state index in [0.717, 1.165) is 42.9 Å². The molecule has 0 atom stereocenters. The topological polar surface area (TPSA) is 97.2 Å². The van der Waals surface area contributed by atoms with Crippen molar-refractivity contribution in [3.05, 3.63) is 36.0 Å². The van der Waals surface area contributed by atoms with E-state index in [2.05, 4.69) is 30.8 Å². The number of rotatable bonds is 4. The van der Waals surface area contributed by atoms with Crippen molar-refractivity contribution in [1.29, 1.82) is 0 Å². The highest BCUT2D eigenvalue weighted by Gasteiger charge is 2.17. The summed E-state index contributed by atoms with van der Waals surface area (Å²) in [6.45, 7) is 3.64. The number of hydrogen-bond donors (Lipinski definition) is 2. The molecule has 10 heteroatoms. The van der Waals surface area contributed by atoms with Gasteiger partial charge in [0.2, 0.25) is 0 Å². The van der Waals surface area contributed by atoms with E-state index in [0.29, 0.717) is 17.1 Å². The average molecular weight is 404 g/mol. The molecule has 148 valence electrons. The van der Waals surface area contributed by atoms with E-state index < -0.39 is 0 Å². The molecule has 28 heavy (non-hydrogen) atoms. The van der Waals surface area contributed by atoms with Crippen molar-refractivity contribution in [1.82, 2.24) is 25.3 Å². The van der Waals surface area contributed by atoms with Gasteiger partial charge in [-0.2, -0.15) is 5.10 Å². The highest BCUT2D eigenvalue weighted by Crippen LogP contribution is 2.26. The van der Waals surface area contributed by atoms with Crippen molar-refractivity contribution in [2.24, 2.45) is 7.05 Å². The van der Waals surface area contributed by atoms with Gasteiger partial charge in [-0.15, -0.1) is 22.6 Å². The number of carbonyl (C=O) groups is 1. The van der Waals surface area contributed by atoms with E-state index >= 15 is 0 Å². The summed E-state index contributed by atoms with van der Waals surface area (Å²) in [5, 5.41) is 19.7. The van der Waals surface area contributed by atoms with Gasteiger partial charge in [-0.3, -0.25) is 9.48 Å². The van der Waals surface area contributed by atoms with Crippen LogP contribution in [-0.2, 0) is 7.05 Å². The predicted molar refractivity (Wildman–Crippen MR) is 110 cm³/mol.